The SMILES string of the molecule is O=C(Cc1ccccc1)NCC1CNCCOC1c1ccc(Cl)c(Cl)c1. The van der Waals surface area contributed by atoms with E-state index in [4.69, 9.17) is 27.9 Å². The van der Waals surface area contributed by atoms with Gasteiger partial charge in [0.2, 0.25) is 5.91 Å². The van der Waals surface area contributed by atoms with Crippen molar-refractivity contribution in [2.75, 3.05) is 26.2 Å². The van der Waals surface area contributed by atoms with Crippen LogP contribution in [0.2, 0.25) is 10.0 Å². The number of hydrogen-bond acceptors (Lipinski definition) is 3. The number of ether oxygens (including phenoxy) is 1. The van der Waals surface area contributed by atoms with Gasteiger partial charge in [-0.1, -0.05) is 59.6 Å². The number of carbonyl (C=O) groups is 1. The molecule has 0 spiro atoms. The first-order valence-corrected chi connectivity index (χ1v) is 9.47. The molecule has 3 rings (SSSR count). The second kappa shape index (κ2) is 9.38. The number of hydrogen-bond donors (Lipinski definition) is 2. The molecule has 0 radical (unpaired) electrons. The molecule has 1 saturated heterocycles. The maximum absolute atomic E-state index is 12.3. The molecule has 1 heterocycles. The number of nitrogens with one attached hydrogen (secondary N) is 2. The van der Waals surface area contributed by atoms with Crippen molar-refractivity contribution in [1.82, 2.24) is 10.6 Å². The molecule has 26 heavy (non-hydrogen) atoms. The molecule has 0 bridgehead atoms. The van der Waals surface area contributed by atoms with Gasteiger partial charge < -0.3 is 15.4 Å². The second-order valence-electron chi connectivity index (χ2n) is 6.40. The van der Waals surface area contributed by atoms with E-state index in [9.17, 15) is 4.79 Å². The molecule has 0 saturated carbocycles. The van der Waals surface area contributed by atoms with Crippen molar-refractivity contribution in [2.45, 2.75) is 12.5 Å². The van der Waals surface area contributed by atoms with Crippen molar-refractivity contribution in [1.29, 1.82) is 0 Å². The van der Waals surface area contributed by atoms with Crippen molar-refractivity contribution >= 4 is 29.1 Å². The minimum atomic E-state index is -0.142. The van der Waals surface area contributed by atoms with E-state index in [-0.39, 0.29) is 17.9 Å². The molecule has 4 nitrogen and oxygen atoms in total. The van der Waals surface area contributed by atoms with Crippen LogP contribution < -0.4 is 10.6 Å². The number of benzene rings is 2. The van der Waals surface area contributed by atoms with E-state index in [1.807, 2.05) is 42.5 Å². The number of halogens is 2. The molecule has 1 amide bonds. The van der Waals surface area contributed by atoms with Gasteiger partial charge in [-0.05, 0) is 23.3 Å². The average molecular weight is 393 g/mol. The summed E-state index contributed by atoms with van der Waals surface area (Å²) in [7, 11) is 0. The Morgan fingerprint density at radius 2 is 1.96 bits per heavy atom. The van der Waals surface area contributed by atoms with Crippen LogP contribution in [0.4, 0.5) is 0 Å². The molecule has 0 aromatic heterocycles. The number of carbonyl (C=O) groups excluding carboxylic acids is 1. The van der Waals surface area contributed by atoms with Gasteiger partial charge in [-0.25, -0.2) is 0 Å². The third-order valence-corrected chi connectivity index (χ3v) is 5.19. The Bertz CT molecular complexity index is 740. The lowest BCUT2D eigenvalue weighted by atomic mass is 9.95. The van der Waals surface area contributed by atoms with Crippen LogP contribution >= 0.6 is 23.2 Å². The van der Waals surface area contributed by atoms with E-state index >= 15 is 0 Å². The van der Waals surface area contributed by atoms with Gasteiger partial charge >= 0.3 is 0 Å². The van der Waals surface area contributed by atoms with E-state index in [1.165, 1.54) is 0 Å². The van der Waals surface area contributed by atoms with Crippen LogP contribution in [0.5, 0.6) is 0 Å². The summed E-state index contributed by atoms with van der Waals surface area (Å²) < 4.78 is 6.03. The minimum Gasteiger partial charge on any atom is -0.372 e. The highest BCUT2D eigenvalue weighted by Crippen LogP contribution is 2.31. The van der Waals surface area contributed by atoms with E-state index in [0.717, 1.165) is 24.2 Å². The Hall–Kier alpha value is -1.59. The molecular formula is C20H22Cl2N2O2. The molecule has 2 aromatic rings. The summed E-state index contributed by atoms with van der Waals surface area (Å²) >= 11 is 12.2. The zero-order chi connectivity index (χ0) is 18.4. The molecule has 2 atom stereocenters. The lowest BCUT2D eigenvalue weighted by molar-refractivity contribution is -0.120. The summed E-state index contributed by atoms with van der Waals surface area (Å²) in [6.07, 6.45) is 0.232. The molecule has 138 valence electrons. The van der Waals surface area contributed by atoms with Crippen LogP contribution in [0.3, 0.4) is 0 Å². The largest absolute Gasteiger partial charge is 0.372 e. The fourth-order valence-electron chi connectivity index (χ4n) is 3.11. The summed E-state index contributed by atoms with van der Waals surface area (Å²) in [5.41, 5.74) is 1.98. The molecule has 0 aliphatic carbocycles. The topological polar surface area (TPSA) is 50.4 Å². The van der Waals surface area contributed by atoms with Crippen molar-refractivity contribution in [2.24, 2.45) is 5.92 Å². The number of rotatable bonds is 5. The Kier molecular flexibility index (Phi) is 6.92. The van der Waals surface area contributed by atoms with E-state index in [2.05, 4.69) is 10.6 Å². The summed E-state index contributed by atoms with van der Waals surface area (Å²) in [5, 5.41) is 7.43. The first kappa shape index (κ1) is 19.2. The Balaban J connectivity index is 1.65. The molecule has 1 fully saturated rings. The summed E-state index contributed by atoms with van der Waals surface area (Å²) in [6, 6.07) is 15.3. The molecule has 6 heteroatoms. The van der Waals surface area contributed by atoms with Crippen LogP contribution in [0.15, 0.2) is 48.5 Å². The minimum absolute atomic E-state index is 0.00772. The fourth-order valence-corrected chi connectivity index (χ4v) is 3.42. The van der Waals surface area contributed by atoms with Crippen LogP contribution in [0.1, 0.15) is 17.2 Å². The zero-order valence-electron chi connectivity index (χ0n) is 14.4. The standard InChI is InChI=1S/C20H22Cl2N2O2/c21-17-7-6-15(11-18(17)22)20-16(12-23-8-9-26-20)13-24-19(25)10-14-4-2-1-3-5-14/h1-7,11,16,20,23H,8-10,12-13H2,(H,24,25). The van der Waals surface area contributed by atoms with Gasteiger partial charge in [0.05, 0.1) is 29.2 Å². The van der Waals surface area contributed by atoms with Crippen molar-refractivity contribution in [3.05, 3.63) is 69.7 Å². The van der Waals surface area contributed by atoms with E-state index in [0.29, 0.717) is 29.6 Å². The first-order valence-electron chi connectivity index (χ1n) is 8.71. The Morgan fingerprint density at radius 1 is 1.15 bits per heavy atom. The first-order chi connectivity index (χ1) is 12.6. The third-order valence-electron chi connectivity index (χ3n) is 4.45. The van der Waals surface area contributed by atoms with Crippen molar-refractivity contribution < 1.29 is 9.53 Å². The Morgan fingerprint density at radius 3 is 2.73 bits per heavy atom. The van der Waals surface area contributed by atoms with Crippen LogP contribution in [0, 0.1) is 5.92 Å². The van der Waals surface area contributed by atoms with Crippen LogP contribution in [-0.4, -0.2) is 32.1 Å². The maximum Gasteiger partial charge on any atom is 0.224 e. The van der Waals surface area contributed by atoms with E-state index in [1.54, 1.807) is 6.07 Å². The third kappa shape index (κ3) is 5.21. The fraction of sp³-hybridized carbons (Fsp3) is 0.350. The summed E-state index contributed by atoms with van der Waals surface area (Å²) in [6.45, 7) is 2.69. The molecule has 1 aliphatic rings. The monoisotopic (exact) mass is 392 g/mol. The van der Waals surface area contributed by atoms with E-state index < -0.39 is 0 Å². The van der Waals surface area contributed by atoms with Gasteiger partial charge in [0.25, 0.3) is 0 Å². The summed E-state index contributed by atoms with van der Waals surface area (Å²) in [4.78, 5) is 12.3. The van der Waals surface area contributed by atoms with Gasteiger partial charge in [-0.15, -0.1) is 0 Å². The maximum atomic E-state index is 12.3. The lowest BCUT2D eigenvalue weighted by Crippen LogP contribution is -2.37. The van der Waals surface area contributed by atoms with Crippen molar-refractivity contribution in [3.8, 4) is 0 Å². The smallest absolute Gasteiger partial charge is 0.224 e. The quantitative estimate of drug-likeness (QED) is 0.816. The molecule has 2 aromatic carbocycles. The average Bonchev–Trinajstić information content (AvgIpc) is 2.89. The molecule has 2 N–H and O–H groups in total. The lowest BCUT2D eigenvalue weighted by Gasteiger charge is -2.25. The summed E-state index contributed by atoms with van der Waals surface area (Å²) in [5.74, 6) is 0.114. The van der Waals surface area contributed by atoms with Gasteiger partial charge in [0, 0.05) is 25.6 Å². The Labute approximate surface area is 163 Å². The van der Waals surface area contributed by atoms with Gasteiger partial charge in [-0.2, -0.15) is 0 Å². The van der Waals surface area contributed by atoms with Gasteiger partial charge in [0.1, 0.15) is 0 Å². The van der Waals surface area contributed by atoms with Gasteiger partial charge in [-0.3, -0.25) is 4.79 Å². The normalized spacial score (nSPS) is 20.4. The predicted octanol–water partition coefficient (Wildman–Crippen LogP) is 3.63. The second-order valence-corrected chi connectivity index (χ2v) is 7.21. The molecule has 1 aliphatic heterocycles. The highest BCUT2D eigenvalue weighted by atomic mass is 35.5. The predicted molar refractivity (Wildman–Crippen MR) is 105 cm³/mol. The zero-order valence-corrected chi connectivity index (χ0v) is 15.9. The van der Waals surface area contributed by atoms with Gasteiger partial charge in [0.15, 0.2) is 0 Å². The van der Waals surface area contributed by atoms with Crippen LogP contribution in [0.25, 0.3) is 0 Å². The molecule has 2 unspecified atom stereocenters. The highest BCUT2D eigenvalue weighted by Gasteiger charge is 2.27. The molecular weight excluding hydrogens is 371 g/mol. The van der Waals surface area contributed by atoms with Crippen molar-refractivity contribution in [3.63, 3.8) is 0 Å². The number of amides is 1. The highest BCUT2D eigenvalue weighted by molar-refractivity contribution is 6.42. The van der Waals surface area contributed by atoms with Crippen LogP contribution in [-0.2, 0) is 16.0 Å².